The maximum atomic E-state index is 12.9. The second-order valence-electron chi connectivity index (χ2n) is 5.98. The fourth-order valence-electron chi connectivity index (χ4n) is 3.05. The Balaban J connectivity index is 1.85. The molecule has 0 saturated carbocycles. The highest BCUT2D eigenvalue weighted by atomic mass is 19.1. The third-order valence-electron chi connectivity index (χ3n) is 3.97. The number of hydrogen-bond donors (Lipinski definition) is 1. The summed E-state index contributed by atoms with van der Waals surface area (Å²) in [7, 11) is 0. The first-order valence-corrected chi connectivity index (χ1v) is 7.20. The van der Waals surface area contributed by atoms with Crippen LogP contribution in [0.5, 0.6) is 0 Å². The van der Waals surface area contributed by atoms with Crippen LogP contribution in [0.2, 0.25) is 0 Å². The Kier molecular flexibility index (Phi) is 4.76. The van der Waals surface area contributed by atoms with Crippen molar-refractivity contribution in [3.8, 4) is 0 Å². The van der Waals surface area contributed by atoms with E-state index in [0.717, 1.165) is 18.0 Å². The Morgan fingerprint density at radius 2 is 2.00 bits per heavy atom. The zero-order valence-corrected chi connectivity index (χ0v) is 12.1. The summed E-state index contributed by atoms with van der Waals surface area (Å²) in [5, 5.41) is 3.58. The van der Waals surface area contributed by atoms with Gasteiger partial charge in [-0.3, -0.25) is 0 Å². The molecule has 0 aromatic heterocycles. The predicted octanol–water partition coefficient (Wildman–Crippen LogP) is 4.47. The molecule has 1 aromatic rings. The lowest BCUT2D eigenvalue weighted by Gasteiger charge is -2.27. The van der Waals surface area contributed by atoms with Crippen LogP contribution in [-0.4, -0.2) is 6.54 Å². The molecule has 0 bridgehead atoms. The first kappa shape index (κ1) is 14.3. The van der Waals surface area contributed by atoms with Crippen molar-refractivity contribution < 1.29 is 4.39 Å². The van der Waals surface area contributed by atoms with Crippen molar-refractivity contribution in [3.05, 3.63) is 47.3 Å². The smallest absolute Gasteiger partial charge is 0.123 e. The highest BCUT2D eigenvalue weighted by Gasteiger charge is 2.18. The van der Waals surface area contributed by atoms with E-state index < -0.39 is 0 Å². The lowest BCUT2D eigenvalue weighted by Crippen LogP contribution is -2.28. The van der Waals surface area contributed by atoms with Gasteiger partial charge in [-0.1, -0.05) is 30.7 Å². The highest BCUT2D eigenvalue weighted by molar-refractivity contribution is 5.19. The van der Waals surface area contributed by atoms with Gasteiger partial charge in [0.1, 0.15) is 5.82 Å². The number of halogens is 1. The van der Waals surface area contributed by atoms with Crippen molar-refractivity contribution in [2.45, 2.75) is 39.7 Å². The zero-order valence-electron chi connectivity index (χ0n) is 12.1. The lowest BCUT2D eigenvalue weighted by atomic mass is 9.83. The molecule has 0 spiro atoms. The minimum atomic E-state index is -0.169. The normalized spacial score (nSPS) is 24.9. The van der Waals surface area contributed by atoms with Crippen LogP contribution < -0.4 is 5.32 Å². The molecule has 0 heterocycles. The van der Waals surface area contributed by atoms with Crippen LogP contribution in [0.15, 0.2) is 35.9 Å². The topological polar surface area (TPSA) is 12.0 Å². The minimum Gasteiger partial charge on any atom is -0.310 e. The molecule has 19 heavy (non-hydrogen) atoms. The van der Waals surface area contributed by atoms with Crippen LogP contribution >= 0.6 is 0 Å². The number of allylic oxidation sites excluding steroid dienone is 2. The SMILES string of the molecule is CC1=CC(C)CC(CN[C@H](C)c2ccc(F)cc2)C1. The Morgan fingerprint density at radius 1 is 1.32 bits per heavy atom. The summed E-state index contributed by atoms with van der Waals surface area (Å²) in [5.74, 6) is 1.25. The van der Waals surface area contributed by atoms with Gasteiger partial charge in [0.25, 0.3) is 0 Å². The van der Waals surface area contributed by atoms with Crippen LogP contribution in [0, 0.1) is 17.7 Å². The van der Waals surface area contributed by atoms with Crippen molar-refractivity contribution >= 4 is 0 Å². The molecular weight excluding hydrogens is 237 g/mol. The number of hydrogen-bond acceptors (Lipinski definition) is 1. The molecule has 2 heteroatoms. The molecule has 2 unspecified atom stereocenters. The summed E-state index contributed by atoms with van der Waals surface area (Å²) in [6.45, 7) is 7.70. The van der Waals surface area contributed by atoms with Crippen molar-refractivity contribution in [3.63, 3.8) is 0 Å². The van der Waals surface area contributed by atoms with Crippen LogP contribution in [0.25, 0.3) is 0 Å². The quantitative estimate of drug-likeness (QED) is 0.789. The Bertz CT molecular complexity index is 435. The van der Waals surface area contributed by atoms with E-state index in [1.807, 2.05) is 12.1 Å². The fraction of sp³-hybridized carbons (Fsp3) is 0.529. The van der Waals surface area contributed by atoms with E-state index in [9.17, 15) is 4.39 Å². The maximum absolute atomic E-state index is 12.9. The van der Waals surface area contributed by atoms with Gasteiger partial charge in [-0.15, -0.1) is 0 Å². The van der Waals surface area contributed by atoms with E-state index in [1.54, 1.807) is 0 Å². The molecule has 1 aliphatic rings. The van der Waals surface area contributed by atoms with Crippen molar-refractivity contribution in [2.75, 3.05) is 6.54 Å². The monoisotopic (exact) mass is 261 g/mol. The molecular formula is C17H24FN. The van der Waals surface area contributed by atoms with E-state index >= 15 is 0 Å². The molecule has 0 radical (unpaired) electrons. The average molecular weight is 261 g/mol. The molecule has 1 aromatic carbocycles. The molecule has 0 fully saturated rings. The fourth-order valence-corrected chi connectivity index (χ4v) is 3.05. The number of rotatable bonds is 4. The van der Waals surface area contributed by atoms with E-state index in [1.165, 1.54) is 30.5 Å². The summed E-state index contributed by atoms with van der Waals surface area (Å²) < 4.78 is 12.9. The van der Waals surface area contributed by atoms with Crippen LogP contribution in [0.4, 0.5) is 4.39 Å². The van der Waals surface area contributed by atoms with Gasteiger partial charge < -0.3 is 5.32 Å². The van der Waals surface area contributed by atoms with Gasteiger partial charge in [0.2, 0.25) is 0 Å². The second-order valence-corrected chi connectivity index (χ2v) is 5.98. The molecule has 1 nitrogen and oxygen atoms in total. The molecule has 104 valence electrons. The summed E-state index contributed by atoms with van der Waals surface area (Å²) in [4.78, 5) is 0. The molecule has 0 amide bonds. The van der Waals surface area contributed by atoms with Gasteiger partial charge in [0.05, 0.1) is 0 Å². The molecule has 1 N–H and O–H groups in total. The van der Waals surface area contributed by atoms with Crippen LogP contribution in [-0.2, 0) is 0 Å². The van der Waals surface area contributed by atoms with Gasteiger partial charge in [-0.25, -0.2) is 4.39 Å². The Labute approximate surface area is 115 Å². The van der Waals surface area contributed by atoms with Gasteiger partial charge in [0.15, 0.2) is 0 Å². The molecule has 3 atom stereocenters. The highest BCUT2D eigenvalue weighted by Crippen LogP contribution is 2.27. The van der Waals surface area contributed by atoms with Crippen LogP contribution in [0.3, 0.4) is 0 Å². The maximum Gasteiger partial charge on any atom is 0.123 e. The molecule has 0 saturated heterocycles. The van der Waals surface area contributed by atoms with Crippen molar-refractivity contribution in [2.24, 2.45) is 11.8 Å². The van der Waals surface area contributed by atoms with E-state index in [-0.39, 0.29) is 11.9 Å². The van der Waals surface area contributed by atoms with Gasteiger partial charge >= 0.3 is 0 Å². The Morgan fingerprint density at radius 3 is 2.63 bits per heavy atom. The predicted molar refractivity (Wildman–Crippen MR) is 78.5 cm³/mol. The average Bonchev–Trinajstić information content (AvgIpc) is 2.36. The van der Waals surface area contributed by atoms with Gasteiger partial charge in [-0.2, -0.15) is 0 Å². The number of benzene rings is 1. The van der Waals surface area contributed by atoms with Gasteiger partial charge in [-0.05, 0) is 62.8 Å². The summed E-state index contributed by atoms with van der Waals surface area (Å²) >= 11 is 0. The second kappa shape index (κ2) is 6.33. The zero-order chi connectivity index (χ0) is 13.8. The largest absolute Gasteiger partial charge is 0.310 e. The number of nitrogens with one attached hydrogen (secondary N) is 1. The first-order chi connectivity index (χ1) is 9.04. The summed E-state index contributed by atoms with van der Waals surface area (Å²) in [6, 6.07) is 7.07. The minimum absolute atomic E-state index is 0.169. The van der Waals surface area contributed by atoms with E-state index in [0.29, 0.717) is 5.92 Å². The van der Waals surface area contributed by atoms with Crippen molar-refractivity contribution in [1.29, 1.82) is 0 Å². The Hall–Kier alpha value is -1.15. The lowest BCUT2D eigenvalue weighted by molar-refractivity contribution is 0.366. The van der Waals surface area contributed by atoms with E-state index in [4.69, 9.17) is 0 Å². The van der Waals surface area contributed by atoms with E-state index in [2.05, 4.69) is 32.2 Å². The summed E-state index contributed by atoms with van der Waals surface area (Å²) in [5.41, 5.74) is 2.66. The first-order valence-electron chi connectivity index (χ1n) is 7.20. The summed E-state index contributed by atoms with van der Waals surface area (Å²) in [6.07, 6.45) is 4.86. The standard InChI is InChI=1S/C17H24FN/c1-12-8-13(2)10-15(9-12)11-19-14(3)16-4-6-17(18)7-5-16/h4-8,12,14-15,19H,9-11H2,1-3H3/t12?,14-,15?/m1/s1. The molecule has 1 aliphatic carbocycles. The molecule has 0 aliphatic heterocycles. The third kappa shape index (κ3) is 4.17. The molecule has 2 rings (SSSR count). The van der Waals surface area contributed by atoms with Gasteiger partial charge in [0, 0.05) is 6.04 Å². The van der Waals surface area contributed by atoms with Crippen LogP contribution in [0.1, 0.15) is 45.2 Å². The van der Waals surface area contributed by atoms with Crippen molar-refractivity contribution in [1.82, 2.24) is 5.32 Å². The third-order valence-corrected chi connectivity index (χ3v) is 3.97.